The molecule has 3 nitrogen and oxygen atoms in total. The van der Waals surface area contributed by atoms with E-state index >= 15 is 0 Å². The van der Waals surface area contributed by atoms with Crippen molar-refractivity contribution in [2.45, 2.75) is 39.3 Å². The van der Waals surface area contributed by atoms with Gasteiger partial charge in [0.2, 0.25) is 5.91 Å². The number of nitrogens with one attached hydrogen (secondary N) is 1. The van der Waals surface area contributed by atoms with Crippen LogP contribution in [0.15, 0.2) is 18.2 Å². The zero-order chi connectivity index (χ0) is 13.4. The van der Waals surface area contributed by atoms with Crippen molar-refractivity contribution in [1.29, 1.82) is 0 Å². The molecule has 3 rings (SSSR count). The lowest BCUT2D eigenvalue weighted by atomic mass is 9.94. The second-order valence-electron chi connectivity index (χ2n) is 6.02. The summed E-state index contributed by atoms with van der Waals surface area (Å²) in [5, 5.41) is 3.49. The van der Waals surface area contributed by atoms with Gasteiger partial charge in [0.05, 0.1) is 5.92 Å². The summed E-state index contributed by atoms with van der Waals surface area (Å²) in [5.74, 6) is 0.566. The maximum Gasteiger partial charge on any atom is 0.227 e. The topological polar surface area (TPSA) is 32.3 Å². The molecule has 2 aliphatic rings. The number of carbonyl (C=O) groups is 1. The van der Waals surface area contributed by atoms with Crippen LogP contribution in [-0.2, 0) is 11.3 Å². The zero-order valence-corrected chi connectivity index (χ0v) is 11.8. The van der Waals surface area contributed by atoms with Crippen LogP contribution >= 0.6 is 0 Å². The summed E-state index contributed by atoms with van der Waals surface area (Å²) in [6.45, 7) is 6.92. The van der Waals surface area contributed by atoms with Gasteiger partial charge in [0, 0.05) is 19.1 Å². The maximum absolute atomic E-state index is 12.4. The van der Waals surface area contributed by atoms with Gasteiger partial charge in [-0.25, -0.2) is 0 Å². The minimum atomic E-state index is 0.222. The number of aryl methyl sites for hydroxylation is 2. The van der Waals surface area contributed by atoms with E-state index in [1.807, 2.05) is 4.90 Å². The van der Waals surface area contributed by atoms with Crippen LogP contribution in [0.4, 0.5) is 0 Å². The number of benzene rings is 1. The number of hydrogen-bond acceptors (Lipinski definition) is 2. The van der Waals surface area contributed by atoms with Crippen molar-refractivity contribution in [3.05, 3.63) is 34.9 Å². The van der Waals surface area contributed by atoms with Crippen molar-refractivity contribution in [1.82, 2.24) is 10.2 Å². The van der Waals surface area contributed by atoms with Gasteiger partial charge in [-0.2, -0.15) is 0 Å². The summed E-state index contributed by atoms with van der Waals surface area (Å²) in [7, 11) is 0. The molecule has 2 aliphatic heterocycles. The first-order valence-corrected chi connectivity index (χ1v) is 7.23. The average Bonchev–Trinajstić information content (AvgIpc) is 2.66. The molecule has 2 atom stereocenters. The van der Waals surface area contributed by atoms with Crippen molar-refractivity contribution in [3.63, 3.8) is 0 Å². The van der Waals surface area contributed by atoms with Crippen LogP contribution in [0.5, 0.6) is 0 Å². The molecule has 2 unspecified atom stereocenters. The molecule has 0 spiro atoms. The fraction of sp³-hybridized carbons (Fsp3) is 0.562. The molecule has 1 amide bonds. The molecule has 0 bridgehead atoms. The predicted octanol–water partition coefficient (Wildman–Crippen LogP) is 2.01. The molecule has 2 heterocycles. The number of nitrogens with zero attached hydrogens (tertiary/aromatic N) is 1. The maximum atomic E-state index is 12.4. The molecular formula is C16H22N2O. The lowest BCUT2D eigenvalue weighted by Gasteiger charge is -2.23. The lowest BCUT2D eigenvalue weighted by Crippen LogP contribution is -2.41. The number of likely N-dealkylation sites (tertiary alicyclic amines) is 1. The minimum Gasteiger partial charge on any atom is -0.336 e. The van der Waals surface area contributed by atoms with Gasteiger partial charge < -0.3 is 10.2 Å². The Hall–Kier alpha value is -1.35. The van der Waals surface area contributed by atoms with Gasteiger partial charge in [-0.3, -0.25) is 4.79 Å². The zero-order valence-electron chi connectivity index (χ0n) is 11.8. The van der Waals surface area contributed by atoms with E-state index in [4.69, 9.17) is 0 Å². The Morgan fingerprint density at radius 2 is 2.00 bits per heavy atom. The number of amides is 1. The average molecular weight is 258 g/mol. The Balaban J connectivity index is 1.75. The number of hydrogen-bond donors (Lipinski definition) is 1. The summed E-state index contributed by atoms with van der Waals surface area (Å²) in [4.78, 5) is 14.4. The van der Waals surface area contributed by atoms with Crippen molar-refractivity contribution in [2.24, 2.45) is 5.92 Å². The van der Waals surface area contributed by atoms with Gasteiger partial charge >= 0.3 is 0 Å². The van der Waals surface area contributed by atoms with Gasteiger partial charge in [0.15, 0.2) is 0 Å². The van der Waals surface area contributed by atoms with Crippen molar-refractivity contribution < 1.29 is 4.79 Å². The highest BCUT2D eigenvalue weighted by atomic mass is 16.2. The Morgan fingerprint density at radius 1 is 1.26 bits per heavy atom. The van der Waals surface area contributed by atoms with E-state index in [1.54, 1.807) is 0 Å². The second-order valence-corrected chi connectivity index (χ2v) is 6.02. The smallest absolute Gasteiger partial charge is 0.227 e. The van der Waals surface area contributed by atoms with Crippen LogP contribution < -0.4 is 5.32 Å². The van der Waals surface area contributed by atoms with Crippen LogP contribution in [0.2, 0.25) is 0 Å². The summed E-state index contributed by atoms with van der Waals surface area (Å²) in [6, 6.07) is 6.94. The van der Waals surface area contributed by atoms with Crippen LogP contribution in [-0.4, -0.2) is 29.9 Å². The molecule has 2 saturated heterocycles. The molecule has 0 aromatic heterocycles. The fourth-order valence-corrected chi connectivity index (χ4v) is 3.53. The van der Waals surface area contributed by atoms with Crippen molar-refractivity contribution in [3.8, 4) is 0 Å². The molecule has 3 heteroatoms. The Kier molecular flexibility index (Phi) is 3.31. The van der Waals surface area contributed by atoms with Gasteiger partial charge in [-0.05, 0) is 38.8 Å². The monoisotopic (exact) mass is 258 g/mol. The molecule has 19 heavy (non-hydrogen) atoms. The van der Waals surface area contributed by atoms with E-state index in [0.717, 1.165) is 32.5 Å². The number of carbonyl (C=O) groups excluding carboxylic acids is 1. The van der Waals surface area contributed by atoms with E-state index in [-0.39, 0.29) is 5.92 Å². The summed E-state index contributed by atoms with van der Waals surface area (Å²) >= 11 is 0. The largest absolute Gasteiger partial charge is 0.336 e. The standard InChI is InChI=1S/C16H22N2O/c1-11-6-12(2)8-13(7-11)9-18-10-15-14(16(18)19)4-3-5-17-15/h6-8,14-15,17H,3-5,9-10H2,1-2H3. The van der Waals surface area contributed by atoms with E-state index in [1.165, 1.54) is 16.7 Å². The van der Waals surface area contributed by atoms with Gasteiger partial charge in [-0.1, -0.05) is 29.3 Å². The highest BCUT2D eigenvalue weighted by Crippen LogP contribution is 2.27. The number of fused-ring (bicyclic) bond motifs is 1. The van der Waals surface area contributed by atoms with Gasteiger partial charge in [0.1, 0.15) is 0 Å². The molecule has 1 aromatic carbocycles. The summed E-state index contributed by atoms with van der Waals surface area (Å²) < 4.78 is 0. The molecule has 0 radical (unpaired) electrons. The van der Waals surface area contributed by atoms with E-state index in [2.05, 4.69) is 37.4 Å². The third-order valence-corrected chi connectivity index (χ3v) is 4.28. The third-order valence-electron chi connectivity index (χ3n) is 4.28. The van der Waals surface area contributed by atoms with Crippen molar-refractivity contribution in [2.75, 3.05) is 13.1 Å². The highest BCUT2D eigenvalue weighted by Gasteiger charge is 2.41. The van der Waals surface area contributed by atoms with Crippen LogP contribution in [0, 0.1) is 19.8 Å². The number of rotatable bonds is 2. The van der Waals surface area contributed by atoms with E-state index in [9.17, 15) is 4.79 Å². The van der Waals surface area contributed by atoms with Gasteiger partial charge in [-0.15, -0.1) is 0 Å². The van der Waals surface area contributed by atoms with E-state index < -0.39 is 0 Å². The number of piperidine rings is 1. The Labute approximate surface area is 115 Å². The highest BCUT2D eigenvalue weighted by molar-refractivity contribution is 5.82. The predicted molar refractivity (Wildman–Crippen MR) is 75.8 cm³/mol. The first-order valence-electron chi connectivity index (χ1n) is 7.23. The lowest BCUT2D eigenvalue weighted by molar-refractivity contribution is -0.131. The summed E-state index contributed by atoms with van der Waals surface area (Å²) in [6.07, 6.45) is 2.18. The molecule has 0 saturated carbocycles. The van der Waals surface area contributed by atoms with Crippen molar-refractivity contribution >= 4 is 5.91 Å². The fourth-order valence-electron chi connectivity index (χ4n) is 3.53. The van der Waals surface area contributed by atoms with Crippen LogP contribution in [0.1, 0.15) is 29.5 Å². The van der Waals surface area contributed by atoms with Crippen LogP contribution in [0.3, 0.4) is 0 Å². The minimum absolute atomic E-state index is 0.222. The molecule has 0 aliphatic carbocycles. The Morgan fingerprint density at radius 3 is 2.68 bits per heavy atom. The third kappa shape index (κ3) is 2.52. The second kappa shape index (κ2) is 4.97. The normalized spacial score (nSPS) is 26.6. The van der Waals surface area contributed by atoms with Crippen LogP contribution in [0.25, 0.3) is 0 Å². The molecule has 1 aromatic rings. The first-order chi connectivity index (χ1) is 9.13. The van der Waals surface area contributed by atoms with Gasteiger partial charge in [0.25, 0.3) is 0 Å². The Bertz CT molecular complexity index is 477. The molecule has 1 N–H and O–H groups in total. The molecule has 2 fully saturated rings. The van der Waals surface area contributed by atoms with E-state index in [0.29, 0.717) is 11.9 Å². The first kappa shape index (κ1) is 12.7. The summed E-state index contributed by atoms with van der Waals surface area (Å²) in [5.41, 5.74) is 3.80. The SMILES string of the molecule is Cc1cc(C)cc(CN2CC3NCCCC3C2=O)c1. The quantitative estimate of drug-likeness (QED) is 0.880. The molecular weight excluding hydrogens is 236 g/mol. The molecule has 102 valence electrons.